The minimum absolute atomic E-state index is 0.0928. The zero-order valence-electron chi connectivity index (χ0n) is 14.7. The third kappa shape index (κ3) is 3.79. The molecule has 0 aromatic heterocycles. The summed E-state index contributed by atoms with van der Waals surface area (Å²) in [6.07, 6.45) is -1.25. The van der Waals surface area contributed by atoms with Crippen molar-refractivity contribution in [1.82, 2.24) is 4.90 Å². The van der Waals surface area contributed by atoms with Crippen LogP contribution < -0.4 is 0 Å². The summed E-state index contributed by atoms with van der Waals surface area (Å²) in [6, 6.07) is -0.307. The van der Waals surface area contributed by atoms with E-state index < -0.39 is 23.9 Å². The molecule has 0 aromatic carbocycles. The van der Waals surface area contributed by atoms with Crippen LogP contribution in [0.5, 0.6) is 0 Å². The second-order valence-corrected chi connectivity index (χ2v) is 6.44. The number of hydrogen-bond donors (Lipinski definition) is 0. The third-order valence-electron chi connectivity index (χ3n) is 3.87. The van der Waals surface area contributed by atoms with Gasteiger partial charge in [0, 0.05) is 13.2 Å². The van der Waals surface area contributed by atoms with Gasteiger partial charge in [0.25, 0.3) is 0 Å². The van der Waals surface area contributed by atoms with Crippen molar-refractivity contribution in [3.05, 3.63) is 0 Å². The van der Waals surface area contributed by atoms with Gasteiger partial charge in [0.2, 0.25) is 5.91 Å². The standard InChI is InChI=1S/C16H29NO5/c1-8-20-14(21-9-2)11(5)13(18)17-12(10(3)4)16(6,7)22-15(17)19/h10-12,14H,8-9H2,1-7H3/t11-,12+/m1/s1. The first kappa shape index (κ1) is 18.9. The van der Waals surface area contributed by atoms with Gasteiger partial charge in [0.1, 0.15) is 5.60 Å². The quantitative estimate of drug-likeness (QED) is 0.676. The van der Waals surface area contributed by atoms with Gasteiger partial charge in [-0.2, -0.15) is 0 Å². The molecule has 1 fully saturated rings. The van der Waals surface area contributed by atoms with Crippen molar-refractivity contribution in [2.24, 2.45) is 11.8 Å². The van der Waals surface area contributed by atoms with Crippen LogP contribution in [0, 0.1) is 11.8 Å². The maximum absolute atomic E-state index is 12.8. The van der Waals surface area contributed by atoms with Crippen LogP contribution in [0.25, 0.3) is 0 Å². The molecule has 0 bridgehead atoms. The Morgan fingerprint density at radius 1 is 1.23 bits per heavy atom. The molecule has 2 atom stereocenters. The van der Waals surface area contributed by atoms with Gasteiger partial charge in [-0.15, -0.1) is 0 Å². The molecule has 0 radical (unpaired) electrons. The zero-order valence-corrected chi connectivity index (χ0v) is 14.7. The van der Waals surface area contributed by atoms with E-state index in [1.165, 1.54) is 4.90 Å². The van der Waals surface area contributed by atoms with Crippen molar-refractivity contribution >= 4 is 12.0 Å². The summed E-state index contributed by atoms with van der Waals surface area (Å²) >= 11 is 0. The van der Waals surface area contributed by atoms with Gasteiger partial charge in [-0.3, -0.25) is 4.79 Å². The highest BCUT2D eigenvalue weighted by Crippen LogP contribution is 2.35. The number of carbonyl (C=O) groups excluding carboxylic acids is 2. The van der Waals surface area contributed by atoms with E-state index in [0.717, 1.165) is 0 Å². The molecule has 22 heavy (non-hydrogen) atoms. The molecule has 6 heteroatoms. The molecule has 1 aliphatic rings. The molecule has 0 unspecified atom stereocenters. The van der Waals surface area contributed by atoms with E-state index in [9.17, 15) is 9.59 Å². The molecule has 0 N–H and O–H groups in total. The van der Waals surface area contributed by atoms with Crippen LogP contribution in [0.2, 0.25) is 0 Å². The van der Waals surface area contributed by atoms with Gasteiger partial charge in [-0.25, -0.2) is 9.69 Å². The Kier molecular flexibility index (Phi) is 6.38. The molecule has 0 aliphatic carbocycles. The van der Waals surface area contributed by atoms with E-state index in [1.807, 2.05) is 41.5 Å². The Morgan fingerprint density at radius 2 is 1.73 bits per heavy atom. The van der Waals surface area contributed by atoms with Crippen molar-refractivity contribution in [2.75, 3.05) is 13.2 Å². The van der Waals surface area contributed by atoms with Crippen LogP contribution in [0.3, 0.4) is 0 Å². The SMILES string of the molecule is CCOC(OCC)[C@H](C)C(=O)N1C(=O)OC(C)(C)[C@@H]1C(C)C. The Balaban J connectivity index is 3.00. The summed E-state index contributed by atoms with van der Waals surface area (Å²) in [6.45, 7) is 13.9. The van der Waals surface area contributed by atoms with Gasteiger partial charge in [-0.05, 0) is 40.5 Å². The first-order valence-corrected chi connectivity index (χ1v) is 7.96. The second-order valence-electron chi connectivity index (χ2n) is 6.44. The van der Waals surface area contributed by atoms with Crippen LogP contribution in [0.15, 0.2) is 0 Å². The molecule has 1 heterocycles. The number of imide groups is 1. The molecule has 2 amide bonds. The van der Waals surface area contributed by atoms with Crippen LogP contribution in [-0.2, 0) is 19.0 Å². The summed E-state index contributed by atoms with van der Waals surface area (Å²) in [5.41, 5.74) is -0.701. The summed E-state index contributed by atoms with van der Waals surface area (Å²) < 4.78 is 16.4. The Bertz CT molecular complexity index is 401. The average Bonchev–Trinajstić information content (AvgIpc) is 2.66. The monoisotopic (exact) mass is 315 g/mol. The van der Waals surface area contributed by atoms with Gasteiger partial charge < -0.3 is 14.2 Å². The minimum atomic E-state index is -0.701. The number of carbonyl (C=O) groups is 2. The lowest BCUT2D eigenvalue weighted by atomic mass is 9.88. The molecule has 0 aromatic rings. The van der Waals surface area contributed by atoms with Crippen LogP contribution in [-0.4, -0.2) is 48.0 Å². The molecular formula is C16H29NO5. The minimum Gasteiger partial charge on any atom is -0.441 e. The van der Waals surface area contributed by atoms with Crippen molar-refractivity contribution < 1.29 is 23.8 Å². The van der Waals surface area contributed by atoms with E-state index in [0.29, 0.717) is 13.2 Å². The summed E-state index contributed by atoms with van der Waals surface area (Å²) in [4.78, 5) is 26.2. The van der Waals surface area contributed by atoms with Crippen molar-refractivity contribution in [1.29, 1.82) is 0 Å². The summed E-state index contributed by atoms with van der Waals surface area (Å²) in [7, 11) is 0. The maximum atomic E-state index is 12.8. The van der Waals surface area contributed by atoms with Gasteiger partial charge >= 0.3 is 6.09 Å². The fraction of sp³-hybridized carbons (Fsp3) is 0.875. The number of amides is 2. The van der Waals surface area contributed by atoms with Crippen molar-refractivity contribution in [3.63, 3.8) is 0 Å². The molecule has 0 spiro atoms. The lowest BCUT2D eigenvalue weighted by Gasteiger charge is -2.33. The highest BCUT2D eigenvalue weighted by Gasteiger charge is 2.53. The first-order chi connectivity index (χ1) is 10.2. The Labute approximate surface area is 133 Å². The van der Waals surface area contributed by atoms with Gasteiger partial charge in [0.05, 0.1) is 12.0 Å². The second kappa shape index (κ2) is 7.42. The largest absolute Gasteiger partial charge is 0.441 e. The number of cyclic esters (lactones) is 1. The maximum Gasteiger partial charge on any atom is 0.417 e. The number of nitrogens with zero attached hydrogens (tertiary/aromatic N) is 1. The Morgan fingerprint density at radius 3 is 2.14 bits per heavy atom. The number of ether oxygens (including phenoxy) is 3. The van der Waals surface area contributed by atoms with E-state index in [2.05, 4.69) is 0 Å². The molecule has 0 saturated carbocycles. The highest BCUT2D eigenvalue weighted by atomic mass is 16.7. The van der Waals surface area contributed by atoms with Gasteiger partial charge in [0.15, 0.2) is 6.29 Å². The van der Waals surface area contributed by atoms with E-state index >= 15 is 0 Å². The molecule has 1 saturated heterocycles. The molecule has 1 rings (SSSR count). The molecule has 1 aliphatic heterocycles. The van der Waals surface area contributed by atoms with Crippen LogP contribution >= 0.6 is 0 Å². The predicted molar refractivity (Wildman–Crippen MR) is 82.2 cm³/mol. The average molecular weight is 315 g/mol. The van der Waals surface area contributed by atoms with Crippen LogP contribution in [0.1, 0.15) is 48.5 Å². The zero-order chi connectivity index (χ0) is 17.1. The topological polar surface area (TPSA) is 65.1 Å². The predicted octanol–water partition coefficient (Wildman–Crippen LogP) is 2.80. The highest BCUT2D eigenvalue weighted by molar-refractivity contribution is 5.95. The van der Waals surface area contributed by atoms with Crippen molar-refractivity contribution in [2.45, 2.75) is 66.4 Å². The lowest BCUT2D eigenvalue weighted by Crippen LogP contribution is -2.51. The number of hydrogen-bond acceptors (Lipinski definition) is 5. The molecular weight excluding hydrogens is 286 g/mol. The molecule has 6 nitrogen and oxygen atoms in total. The Hall–Kier alpha value is -1.14. The lowest BCUT2D eigenvalue weighted by molar-refractivity contribution is -0.178. The summed E-state index contributed by atoms with van der Waals surface area (Å²) in [5, 5.41) is 0. The fourth-order valence-electron chi connectivity index (χ4n) is 3.09. The third-order valence-corrected chi connectivity index (χ3v) is 3.87. The first-order valence-electron chi connectivity index (χ1n) is 7.96. The van der Waals surface area contributed by atoms with Crippen LogP contribution in [0.4, 0.5) is 4.79 Å². The normalized spacial score (nSPS) is 22.3. The molecule has 128 valence electrons. The number of rotatable bonds is 7. The van der Waals surface area contributed by atoms with E-state index in [-0.39, 0.29) is 17.9 Å². The fourth-order valence-corrected chi connectivity index (χ4v) is 3.09. The van der Waals surface area contributed by atoms with E-state index in [4.69, 9.17) is 14.2 Å². The van der Waals surface area contributed by atoms with Gasteiger partial charge in [-0.1, -0.05) is 13.8 Å². The van der Waals surface area contributed by atoms with Crippen molar-refractivity contribution in [3.8, 4) is 0 Å². The smallest absolute Gasteiger partial charge is 0.417 e. The summed E-state index contributed by atoms with van der Waals surface area (Å²) in [5.74, 6) is -0.806. The van der Waals surface area contributed by atoms with E-state index in [1.54, 1.807) is 6.92 Å².